The van der Waals surface area contributed by atoms with Crippen LogP contribution in [0.3, 0.4) is 0 Å². The highest BCUT2D eigenvalue weighted by molar-refractivity contribution is 5.95. The number of Topliss-reactive ketones (excluding diaryl/α,β-unsaturated/α-hetero) is 1. The molecule has 4 heteroatoms. The minimum Gasteiger partial charge on any atom is -0.376 e. The minimum atomic E-state index is -0.113. The Morgan fingerprint density at radius 3 is 2.82 bits per heavy atom. The maximum absolute atomic E-state index is 11.3. The SMILES string of the molecule is C=CCNC(=O)CNc1cccc(C(C)=O)c1. The number of carbonyl (C=O) groups is 2. The van der Waals surface area contributed by atoms with Crippen LogP contribution in [0.4, 0.5) is 5.69 Å². The van der Waals surface area contributed by atoms with E-state index in [1.165, 1.54) is 6.92 Å². The van der Waals surface area contributed by atoms with E-state index in [4.69, 9.17) is 0 Å². The molecule has 0 radical (unpaired) electrons. The van der Waals surface area contributed by atoms with E-state index in [-0.39, 0.29) is 18.2 Å². The quantitative estimate of drug-likeness (QED) is 0.578. The van der Waals surface area contributed by atoms with Gasteiger partial charge in [-0.1, -0.05) is 18.2 Å². The number of hydrogen-bond acceptors (Lipinski definition) is 3. The van der Waals surface area contributed by atoms with Crippen LogP contribution in [-0.2, 0) is 4.79 Å². The molecule has 0 spiro atoms. The van der Waals surface area contributed by atoms with Crippen molar-refractivity contribution >= 4 is 17.4 Å². The first-order valence-corrected chi connectivity index (χ1v) is 5.36. The number of carbonyl (C=O) groups excluding carboxylic acids is 2. The van der Waals surface area contributed by atoms with Crippen LogP contribution in [0.2, 0.25) is 0 Å². The topological polar surface area (TPSA) is 58.2 Å². The third-order valence-electron chi connectivity index (χ3n) is 2.17. The van der Waals surface area contributed by atoms with Crippen molar-refractivity contribution in [2.24, 2.45) is 0 Å². The first-order chi connectivity index (χ1) is 8.13. The van der Waals surface area contributed by atoms with Gasteiger partial charge in [-0.3, -0.25) is 9.59 Å². The summed E-state index contributed by atoms with van der Waals surface area (Å²) in [7, 11) is 0. The van der Waals surface area contributed by atoms with Gasteiger partial charge in [0.2, 0.25) is 5.91 Å². The van der Waals surface area contributed by atoms with Crippen molar-refractivity contribution in [3.05, 3.63) is 42.5 Å². The molecule has 1 aromatic carbocycles. The van der Waals surface area contributed by atoms with Crippen molar-refractivity contribution in [2.75, 3.05) is 18.4 Å². The van der Waals surface area contributed by atoms with Gasteiger partial charge < -0.3 is 10.6 Å². The van der Waals surface area contributed by atoms with Gasteiger partial charge in [0, 0.05) is 17.8 Å². The number of ketones is 1. The van der Waals surface area contributed by atoms with Crippen LogP contribution in [0.5, 0.6) is 0 Å². The number of hydrogen-bond donors (Lipinski definition) is 2. The average Bonchev–Trinajstić information content (AvgIpc) is 2.34. The van der Waals surface area contributed by atoms with Crippen LogP contribution in [0.25, 0.3) is 0 Å². The molecule has 1 amide bonds. The Bertz CT molecular complexity index is 427. The van der Waals surface area contributed by atoms with Crippen LogP contribution < -0.4 is 10.6 Å². The smallest absolute Gasteiger partial charge is 0.239 e. The van der Waals surface area contributed by atoms with Gasteiger partial charge in [-0.05, 0) is 19.1 Å². The fourth-order valence-electron chi connectivity index (χ4n) is 1.28. The number of amides is 1. The van der Waals surface area contributed by atoms with Gasteiger partial charge in [0.15, 0.2) is 5.78 Å². The Morgan fingerprint density at radius 1 is 1.41 bits per heavy atom. The van der Waals surface area contributed by atoms with Crippen molar-refractivity contribution in [3.63, 3.8) is 0 Å². The number of anilines is 1. The molecule has 2 N–H and O–H groups in total. The second-order valence-corrected chi connectivity index (χ2v) is 3.58. The average molecular weight is 232 g/mol. The zero-order valence-corrected chi connectivity index (χ0v) is 9.82. The van der Waals surface area contributed by atoms with Crippen LogP contribution in [0.15, 0.2) is 36.9 Å². The Morgan fingerprint density at radius 2 is 2.18 bits per heavy atom. The molecule has 0 unspecified atom stereocenters. The number of rotatable bonds is 6. The minimum absolute atomic E-state index is 0.00441. The van der Waals surface area contributed by atoms with E-state index in [0.29, 0.717) is 12.1 Å². The molecule has 4 nitrogen and oxygen atoms in total. The van der Waals surface area contributed by atoms with Gasteiger partial charge in [0.1, 0.15) is 0 Å². The lowest BCUT2D eigenvalue weighted by atomic mass is 10.1. The van der Waals surface area contributed by atoms with Crippen molar-refractivity contribution in [1.82, 2.24) is 5.32 Å². The molecule has 0 saturated heterocycles. The summed E-state index contributed by atoms with van der Waals surface area (Å²) in [6, 6.07) is 7.06. The Hall–Kier alpha value is -2.10. The fourth-order valence-corrected chi connectivity index (χ4v) is 1.28. The maximum atomic E-state index is 11.3. The molecule has 0 aliphatic heterocycles. The lowest BCUT2D eigenvalue weighted by molar-refractivity contribution is -0.119. The van der Waals surface area contributed by atoms with E-state index in [9.17, 15) is 9.59 Å². The molecular weight excluding hydrogens is 216 g/mol. The van der Waals surface area contributed by atoms with Crippen LogP contribution >= 0.6 is 0 Å². The van der Waals surface area contributed by atoms with E-state index in [2.05, 4.69) is 17.2 Å². The van der Waals surface area contributed by atoms with Gasteiger partial charge in [0.25, 0.3) is 0 Å². The van der Waals surface area contributed by atoms with Crippen LogP contribution in [0.1, 0.15) is 17.3 Å². The summed E-state index contributed by atoms with van der Waals surface area (Å²) in [5, 5.41) is 5.60. The van der Waals surface area contributed by atoms with Gasteiger partial charge in [-0.15, -0.1) is 6.58 Å². The molecule has 1 rings (SSSR count). The molecule has 0 aliphatic rings. The lowest BCUT2D eigenvalue weighted by Gasteiger charge is -2.07. The summed E-state index contributed by atoms with van der Waals surface area (Å²) in [5.41, 5.74) is 1.38. The lowest BCUT2D eigenvalue weighted by Crippen LogP contribution is -2.29. The summed E-state index contributed by atoms with van der Waals surface area (Å²) in [6.45, 7) is 5.65. The molecule has 0 fully saturated rings. The summed E-state index contributed by atoms with van der Waals surface area (Å²) >= 11 is 0. The third-order valence-corrected chi connectivity index (χ3v) is 2.17. The maximum Gasteiger partial charge on any atom is 0.239 e. The van der Waals surface area contributed by atoms with Crippen LogP contribution in [-0.4, -0.2) is 24.8 Å². The monoisotopic (exact) mass is 232 g/mol. The van der Waals surface area contributed by atoms with E-state index >= 15 is 0 Å². The highest BCUT2D eigenvalue weighted by Gasteiger charge is 2.02. The standard InChI is InChI=1S/C13H16N2O2/c1-3-7-14-13(17)9-15-12-6-4-5-11(8-12)10(2)16/h3-6,8,15H,1,7,9H2,2H3,(H,14,17). The van der Waals surface area contributed by atoms with E-state index in [1.807, 2.05) is 6.07 Å². The summed E-state index contributed by atoms with van der Waals surface area (Å²) in [4.78, 5) is 22.5. The van der Waals surface area contributed by atoms with Gasteiger partial charge in [0.05, 0.1) is 6.54 Å². The summed E-state index contributed by atoms with van der Waals surface area (Å²) in [5.74, 6) is -0.108. The van der Waals surface area contributed by atoms with Crippen molar-refractivity contribution < 1.29 is 9.59 Å². The molecule has 1 aromatic rings. The highest BCUT2D eigenvalue weighted by Crippen LogP contribution is 2.10. The normalized spacial score (nSPS) is 9.47. The Kier molecular flexibility index (Phi) is 4.94. The van der Waals surface area contributed by atoms with E-state index in [1.54, 1.807) is 24.3 Å². The molecular formula is C13H16N2O2. The predicted octanol–water partition coefficient (Wildman–Crippen LogP) is 1.60. The number of benzene rings is 1. The molecule has 0 bridgehead atoms. The molecule has 17 heavy (non-hydrogen) atoms. The van der Waals surface area contributed by atoms with Crippen molar-refractivity contribution in [2.45, 2.75) is 6.92 Å². The van der Waals surface area contributed by atoms with Crippen molar-refractivity contribution in [3.8, 4) is 0 Å². The second kappa shape index (κ2) is 6.48. The first-order valence-electron chi connectivity index (χ1n) is 5.36. The zero-order valence-electron chi connectivity index (χ0n) is 9.82. The van der Waals surface area contributed by atoms with Gasteiger partial charge in [-0.25, -0.2) is 0 Å². The largest absolute Gasteiger partial charge is 0.376 e. The Balaban J connectivity index is 2.51. The van der Waals surface area contributed by atoms with Gasteiger partial charge in [-0.2, -0.15) is 0 Å². The molecule has 0 aliphatic carbocycles. The summed E-state index contributed by atoms with van der Waals surface area (Å²) < 4.78 is 0. The molecule has 90 valence electrons. The Labute approximate surface area is 101 Å². The fraction of sp³-hybridized carbons (Fsp3) is 0.231. The molecule has 0 heterocycles. The first kappa shape index (κ1) is 13.0. The molecule has 0 aromatic heterocycles. The van der Waals surface area contributed by atoms with E-state index < -0.39 is 0 Å². The zero-order chi connectivity index (χ0) is 12.7. The van der Waals surface area contributed by atoms with E-state index in [0.717, 1.165) is 5.69 Å². The highest BCUT2D eigenvalue weighted by atomic mass is 16.1. The summed E-state index contributed by atoms with van der Waals surface area (Å²) in [6.07, 6.45) is 1.62. The van der Waals surface area contributed by atoms with Gasteiger partial charge >= 0.3 is 0 Å². The third kappa shape index (κ3) is 4.51. The number of nitrogens with one attached hydrogen (secondary N) is 2. The predicted molar refractivity (Wildman–Crippen MR) is 68.1 cm³/mol. The second-order valence-electron chi connectivity index (χ2n) is 3.58. The van der Waals surface area contributed by atoms with Crippen LogP contribution in [0, 0.1) is 0 Å². The molecule has 0 atom stereocenters. The van der Waals surface area contributed by atoms with Crippen molar-refractivity contribution in [1.29, 1.82) is 0 Å². The molecule has 0 saturated carbocycles.